The molecule has 116 valence electrons. The quantitative estimate of drug-likeness (QED) is 0.657. The van der Waals surface area contributed by atoms with Crippen LogP contribution in [0.25, 0.3) is 0 Å². The van der Waals surface area contributed by atoms with Crippen LogP contribution in [0.4, 0.5) is 0 Å². The molecule has 0 aliphatic carbocycles. The molecule has 1 saturated heterocycles. The summed E-state index contributed by atoms with van der Waals surface area (Å²) in [5, 5.41) is 3.41. The predicted molar refractivity (Wildman–Crippen MR) is 87.4 cm³/mol. The first-order valence-electron chi connectivity index (χ1n) is 7.37. The van der Waals surface area contributed by atoms with Crippen molar-refractivity contribution < 1.29 is 4.79 Å². The van der Waals surface area contributed by atoms with Gasteiger partial charge in [0.2, 0.25) is 5.91 Å². The van der Waals surface area contributed by atoms with Crippen LogP contribution < -0.4 is 11.1 Å². The molecular formula is C15H24N4OS. The lowest BCUT2D eigenvalue weighted by molar-refractivity contribution is -0.119. The van der Waals surface area contributed by atoms with E-state index < -0.39 is 0 Å². The monoisotopic (exact) mass is 308 g/mol. The van der Waals surface area contributed by atoms with Gasteiger partial charge in [0, 0.05) is 36.3 Å². The van der Waals surface area contributed by atoms with Gasteiger partial charge in [-0.1, -0.05) is 0 Å². The van der Waals surface area contributed by atoms with Crippen molar-refractivity contribution in [1.29, 1.82) is 0 Å². The number of nitrogens with one attached hydrogen (secondary N) is 1. The lowest BCUT2D eigenvalue weighted by Crippen LogP contribution is -2.46. The zero-order valence-corrected chi connectivity index (χ0v) is 13.6. The number of amides is 1. The average molecular weight is 308 g/mol. The fraction of sp³-hybridized carbons (Fsp3) is 0.600. The van der Waals surface area contributed by atoms with Gasteiger partial charge in [-0.25, -0.2) is 0 Å². The highest BCUT2D eigenvalue weighted by Crippen LogP contribution is 2.20. The Labute approximate surface area is 130 Å². The summed E-state index contributed by atoms with van der Waals surface area (Å²) < 4.78 is 0. The van der Waals surface area contributed by atoms with Crippen LogP contribution in [0.3, 0.4) is 0 Å². The smallest absolute Gasteiger partial charge is 0.217 e. The van der Waals surface area contributed by atoms with Crippen molar-refractivity contribution in [3.8, 4) is 0 Å². The number of hydrogen-bond donors (Lipinski definition) is 2. The molecule has 1 aliphatic rings. The second-order valence-corrected chi connectivity index (χ2v) is 6.91. The van der Waals surface area contributed by atoms with E-state index in [1.54, 1.807) is 18.4 Å². The van der Waals surface area contributed by atoms with Crippen LogP contribution in [0, 0.1) is 12.8 Å². The fourth-order valence-electron chi connectivity index (χ4n) is 2.79. The maximum absolute atomic E-state index is 11.1. The Balaban J connectivity index is 1.89. The molecule has 0 radical (unpaired) electrons. The number of primary amides is 1. The molecule has 0 bridgehead atoms. The normalized spacial score (nSPS) is 19.6. The van der Waals surface area contributed by atoms with Crippen LogP contribution in [-0.2, 0) is 11.3 Å². The van der Waals surface area contributed by atoms with E-state index in [2.05, 4.69) is 34.3 Å². The number of hydrogen-bond acceptors (Lipinski definition) is 3. The van der Waals surface area contributed by atoms with E-state index in [0.717, 1.165) is 38.4 Å². The average Bonchev–Trinajstić information content (AvgIpc) is 2.85. The second-order valence-electron chi connectivity index (χ2n) is 5.54. The Morgan fingerprint density at radius 2 is 2.38 bits per heavy atom. The summed E-state index contributed by atoms with van der Waals surface area (Å²) in [7, 11) is 1.81. The molecule has 1 fully saturated rings. The number of likely N-dealkylation sites (tertiary alicyclic amines) is 1. The van der Waals surface area contributed by atoms with E-state index in [1.165, 1.54) is 9.75 Å². The highest BCUT2D eigenvalue weighted by atomic mass is 32.1. The minimum atomic E-state index is -0.209. The van der Waals surface area contributed by atoms with E-state index in [-0.39, 0.29) is 5.91 Å². The number of aliphatic imine (C=N–C) groups is 1. The third-order valence-electron chi connectivity index (χ3n) is 3.74. The van der Waals surface area contributed by atoms with Crippen LogP contribution in [0.5, 0.6) is 0 Å². The fourth-order valence-corrected chi connectivity index (χ4v) is 3.62. The van der Waals surface area contributed by atoms with Gasteiger partial charge < -0.3 is 16.0 Å². The predicted octanol–water partition coefficient (Wildman–Crippen LogP) is 1.72. The van der Waals surface area contributed by atoms with Crippen molar-refractivity contribution in [1.82, 2.24) is 10.2 Å². The topological polar surface area (TPSA) is 70.7 Å². The maximum Gasteiger partial charge on any atom is 0.217 e. The van der Waals surface area contributed by atoms with Crippen LogP contribution >= 0.6 is 11.3 Å². The maximum atomic E-state index is 11.1. The zero-order valence-electron chi connectivity index (χ0n) is 12.8. The molecule has 21 heavy (non-hydrogen) atoms. The molecule has 0 saturated carbocycles. The van der Waals surface area contributed by atoms with Crippen molar-refractivity contribution in [2.45, 2.75) is 32.7 Å². The van der Waals surface area contributed by atoms with E-state index in [1.807, 2.05) is 0 Å². The minimum Gasteiger partial charge on any atom is -0.370 e. The summed E-state index contributed by atoms with van der Waals surface area (Å²) in [6.07, 6.45) is 2.62. The minimum absolute atomic E-state index is 0.209. The molecule has 1 amide bonds. The van der Waals surface area contributed by atoms with Gasteiger partial charge in [-0.3, -0.25) is 9.79 Å². The number of rotatable bonds is 4. The number of guanidine groups is 1. The third kappa shape index (κ3) is 4.74. The summed E-state index contributed by atoms with van der Waals surface area (Å²) in [5.74, 6) is 1.05. The van der Waals surface area contributed by atoms with Gasteiger partial charge in [0.15, 0.2) is 5.96 Å². The van der Waals surface area contributed by atoms with Crippen LogP contribution in [0.15, 0.2) is 17.1 Å². The third-order valence-corrected chi connectivity index (χ3v) is 4.74. The first-order chi connectivity index (χ1) is 10.1. The van der Waals surface area contributed by atoms with Crippen molar-refractivity contribution in [2.24, 2.45) is 16.6 Å². The summed E-state index contributed by atoms with van der Waals surface area (Å²) >= 11 is 1.80. The van der Waals surface area contributed by atoms with Crippen molar-refractivity contribution >= 4 is 23.2 Å². The van der Waals surface area contributed by atoms with Crippen molar-refractivity contribution in [3.05, 3.63) is 21.9 Å². The van der Waals surface area contributed by atoms with E-state index >= 15 is 0 Å². The lowest BCUT2D eigenvalue weighted by atomic mass is 9.95. The van der Waals surface area contributed by atoms with E-state index in [4.69, 9.17) is 5.73 Å². The van der Waals surface area contributed by atoms with Crippen molar-refractivity contribution in [2.75, 3.05) is 20.1 Å². The molecular weight excluding hydrogens is 284 g/mol. The molecule has 1 unspecified atom stereocenters. The van der Waals surface area contributed by atoms with Gasteiger partial charge >= 0.3 is 0 Å². The number of carbonyl (C=O) groups is 1. The van der Waals surface area contributed by atoms with E-state index in [0.29, 0.717) is 12.3 Å². The zero-order chi connectivity index (χ0) is 15.2. The molecule has 5 nitrogen and oxygen atoms in total. The van der Waals surface area contributed by atoms with Crippen LogP contribution in [0.1, 0.15) is 29.0 Å². The number of thiophene rings is 1. The number of nitrogens with zero attached hydrogens (tertiary/aromatic N) is 2. The molecule has 1 aliphatic heterocycles. The first-order valence-corrected chi connectivity index (χ1v) is 8.19. The van der Waals surface area contributed by atoms with Crippen LogP contribution in [0.2, 0.25) is 0 Å². The van der Waals surface area contributed by atoms with Gasteiger partial charge in [0.05, 0.1) is 6.54 Å². The van der Waals surface area contributed by atoms with Gasteiger partial charge in [-0.05, 0) is 37.8 Å². The summed E-state index contributed by atoms with van der Waals surface area (Å²) in [5.41, 5.74) is 5.31. The molecule has 0 spiro atoms. The Bertz CT molecular complexity index is 512. The lowest BCUT2D eigenvalue weighted by Gasteiger charge is -2.34. The highest BCUT2D eigenvalue weighted by Gasteiger charge is 2.23. The largest absolute Gasteiger partial charge is 0.370 e. The number of carbonyl (C=O) groups excluding carboxylic acids is 1. The molecule has 3 N–H and O–H groups in total. The number of piperidine rings is 1. The Kier molecular flexibility index (Phi) is 5.61. The molecule has 2 heterocycles. The molecule has 1 aromatic heterocycles. The Morgan fingerprint density at radius 1 is 1.57 bits per heavy atom. The van der Waals surface area contributed by atoms with E-state index in [9.17, 15) is 4.79 Å². The second kappa shape index (κ2) is 7.45. The number of aryl methyl sites for hydroxylation is 1. The van der Waals surface area contributed by atoms with Crippen LogP contribution in [-0.4, -0.2) is 36.9 Å². The van der Waals surface area contributed by atoms with Gasteiger partial charge in [0.1, 0.15) is 0 Å². The molecule has 6 heteroatoms. The molecule has 1 aromatic rings. The summed E-state index contributed by atoms with van der Waals surface area (Å²) in [6.45, 7) is 4.74. The first kappa shape index (κ1) is 15.8. The molecule has 2 rings (SSSR count). The van der Waals surface area contributed by atoms with Gasteiger partial charge in [-0.15, -0.1) is 11.3 Å². The highest BCUT2D eigenvalue weighted by molar-refractivity contribution is 7.11. The van der Waals surface area contributed by atoms with Crippen molar-refractivity contribution in [3.63, 3.8) is 0 Å². The summed E-state index contributed by atoms with van der Waals surface area (Å²) in [6, 6.07) is 4.28. The summed E-state index contributed by atoms with van der Waals surface area (Å²) in [4.78, 5) is 20.3. The van der Waals surface area contributed by atoms with Gasteiger partial charge in [-0.2, -0.15) is 0 Å². The molecule has 1 atom stereocenters. The SMILES string of the molecule is CN=C(NCc1ccc(C)s1)N1CCCC(CC(N)=O)C1. The van der Waals surface area contributed by atoms with Gasteiger partial charge in [0.25, 0.3) is 0 Å². The standard InChI is InChI=1S/C15H24N4OS/c1-11-5-6-13(21-11)9-18-15(17-2)19-7-3-4-12(10-19)8-14(16)20/h5-6,12H,3-4,7-10H2,1-2H3,(H2,16,20)(H,17,18). The number of nitrogens with two attached hydrogens (primary N) is 1. The Morgan fingerprint density at radius 3 is 3.00 bits per heavy atom. The Hall–Kier alpha value is -1.56. The molecule has 0 aromatic carbocycles.